The summed E-state index contributed by atoms with van der Waals surface area (Å²) in [5, 5.41) is 10.8. The van der Waals surface area contributed by atoms with Gasteiger partial charge in [0.1, 0.15) is 5.75 Å². The number of aromatic amines is 1. The lowest BCUT2D eigenvalue weighted by Crippen LogP contribution is -2.15. The minimum atomic E-state index is 0.667. The van der Waals surface area contributed by atoms with E-state index in [1.54, 1.807) is 0 Å². The highest BCUT2D eigenvalue weighted by Gasteiger charge is 2.21. The molecule has 1 aliphatic rings. The minimum Gasteiger partial charge on any atom is -0.493 e. The standard InChI is InChI=1S/C15H19N3O/c1-2-19-14-6-4-3-5-13(14)15-11(10-17-18-15)9-16-12-7-8-12/h3-6,10,12,16H,2,7-9H2,1H3,(H,17,18). The second-order valence-electron chi connectivity index (χ2n) is 4.85. The van der Waals surface area contributed by atoms with E-state index in [1.807, 2.05) is 31.3 Å². The number of nitrogens with one attached hydrogen (secondary N) is 2. The predicted octanol–water partition coefficient (Wildman–Crippen LogP) is 2.73. The van der Waals surface area contributed by atoms with Gasteiger partial charge in [-0.15, -0.1) is 0 Å². The summed E-state index contributed by atoms with van der Waals surface area (Å²) in [6.07, 6.45) is 4.48. The fraction of sp³-hybridized carbons (Fsp3) is 0.400. The molecule has 0 spiro atoms. The first-order chi connectivity index (χ1) is 9.38. The smallest absolute Gasteiger partial charge is 0.128 e. The lowest BCUT2D eigenvalue weighted by molar-refractivity contribution is 0.341. The van der Waals surface area contributed by atoms with Crippen LogP contribution in [0, 0.1) is 0 Å². The van der Waals surface area contributed by atoms with Gasteiger partial charge in [-0.1, -0.05) is 12.1 Å². The molecule has 2 aromatic rings. The summed E-state index contributed by atoms with van der Waals surface area (Å²) in [7, 11) is 0. The Morgan fingerprint density at radius 1 is 1.37 bits per heavy atom. The van der Waals surface area contributed by atoms with Crippen molar-refractivity contribution in [3.8, 4) is 17.0 Å². The van der Waals surface area contributed by atoms with Crippen LogP contribution in [-0.4, -0.2) is 22.8 Å². The number of H-pyrrole nitrogens is 1. The van der Waals surface area contributed by atoms with Gasteiger partial charge < -0.3 is 10.1 Å². The van der Waals surface area contributed by atoms with Crippen molar-refractivity contribution in [3.63, 3.8) is 0 Å². The molecule has 0 bridgehead atoms. The maximum absolute atomic E-state index is 5.69. The zero-order valence-electron chi connectivity index (χ0n) is 11.1. The average molecular weight is 257 g/mol. The molecular weight excluding hydrogens is 238 g/mol. The highest BCUT2D eigenvalue weighted by Crippen LogP contribution is 2.31. The van der Waals surface area contributed by atoms with Crippen LogP contribution in [0.5, 0.6) is 5.75 Å². The second kappa shape index (κ2) is 5.45. The number of rotatable bonds is 6. The zero-order chi connectivity index (χ0) is 13.1. The van der Waals surface area contributed by atoms with Crippen LogP contribution in [0.25, 0.3) is 11.3 Å². The number of hydrogen-bond donors (Lipinski definition) is 2. The van der Waals surface area contributed by atoms with Crippen LogP contribution in [0.2, 0.25) is 0 Å². The van der Waals surface area contributed by atoms with Gasteiger partial charge in [-0.25, -0.2) is 0 Å². The molecule has 3 rings (SSSR count). The zero-order valence-corrected chi connectivity index (χ0v) is 11.1. The molecule has 1 fully saturated rings. The number of aromatic nitrogens is 2. The third kappa shape index (κ3) is 2.79. The van der Waals surface area contributed by atoms with Crippen molar-refractivity contribution in [3.05, 3.63) is 36.0 Å². The van der Waals surface area contributed by atoms with Crippen molar-refractivity contribution in [2.24, 2.45) is 0 Å². The molecule has 4 heteroatoms. The molecule has 0 aliphatic heterocycles. The van der Waals surface area contributed by atoms with Crippen LogP contribution in [0.3, 0.4) is 0 Å². The SMILES string of the molecule is CCOc1ccccc1-c1[nH]ncc1CNC1CC1. The summed E-state index contributed by atoms with van der Waals surface area (Å²) in [4.78, 5) is 0. The molecule has 4 nitrogen and oxygen atoms in total. The fourth-order valence-corrected chi connectivity index (χ4v) is 2.17. The van der Waals surface area contributed by atoms with E-state index >= 15 is 0 Å². The summed E-state index contributed by atoms with van der Waals surface area (Å²) < 4.78 is 5.69. The lowest BCUT2D eigenvalue weighted by Gasteiger charge is -2.10. The molecule has 0 saturated heterocycles. The van der Waals surface area contributed by atoms with Gasteiger partial charge in [0.05, 0.1) is 18.5 Å². The van der Waals surface area contributed by atoms with Gasteiger partial charge >= 0.3 is 0 Å². The van der Waals surface area contributed by atoms with Crippen molar-refractivity contribution >= 4 is 0 Å². The Balaban J connectivity index is 1.86. The molecule has 1 aliphatic carbocycles. The Morgan fingerprint density at radius 2 is 2.21 bits per heavy atom. The topological polar surface area (TPSA) is 49.9 Å². The Labute approximate surface area is 113 Å². The van der Waals surface area contributed by atoms with Gasteiger partial charge in [-0.3, -0.25) is 5.10 Å². The van der Waals surface area contributed by atoms with Crippen molar-refractivity contribution in [2.75, 3.05) is 6.61 Å². The maximum Gasteiger partial charge on any atom is 0.128 e. The molecule has 1 aromatic heterocycles. The van der Waals surface area contributed by atoms with Crippen LogP contribution in [-0.2, 0) is 6.54 Å². The normalized spacial score (nSPS) is 14.6. The van der Waals surface area contributed by atoms with E-state index in [0.29, 0.717) is 12.6 Å². The van der Waals surface area contributed by atoms with E-state index in [4.69, 9.17) is 4.74 Å². The van der Waals surface area contributed by atoms with Crippen molar-refractivity contribution in [2.45, 2.75) is 32.4 Å². The molecule has 1 aromatic carbocycles. The van der Waals surface area contributed by atoms with E-state index in [2.05, 4.69) is 21.6 Å². The van der Waals surface area contributed by atoms with Gasteiger partial charge in [0.25, 0.3) is 0 Å². The third-order valence-electron chi connectivity index (χ3n) is 3.33. The number of ether oxygens (including phenoxy) is 1. The van der Waals surface area contributed by atoms with Crippen molar-refractivity contribution in [1.82, 2.24) is 15.5 Å². The molecule has 0 unspecified atom stereocenters. The quantitative estimate of drug-likeness (QED) is 0.836. The highest BCUT2D eigenvalue weighted by molar-refractivity contribution is 5.69. The van der Waals surface area contributed by atoms with Crippen molar-refractivity contribution in [1.29, 1.82) is 0 Å². The first kappa shape index (κ1) is 12.2. The van der Waals surface area contributed by atoms with Gasteiger partial charge in [0.15, 0.2) is 0 Å². The number of hydrogen-bond acceptors (Lipinski definition) is 3. The fourth-order valence-electron chi connectivity index (χ4n) is 2.17. The molecular formula is C15H19N3O. The van der Waals surface area contributed by atoms with Crippen molar-refractivity contribution < 1.29 is 4.74 Å². The van der Waals surface area contributed by atoms with Crippen LogP contribution < -0.4 is 10.1 Å². The van der Waals surface area contributed by atoms with Gasteiger partial charge in [-0.2, -0.15) is 5.10 Å². The summed E-state index contributed by atoms with van der Waals surface area (Å²) in [6, 6.07) is 8.78. The van der Waals surface area contributed by atoms with Crippen LogP contribution in [0.1, 0.15) is 25.3 Å². The van der Waals surface area contributed by atoms with E-state index in [1.165, 1.54) is 18.4 Å². The molecule has 0 atom stereocenters. The van der Waals surface area contributed by atoms with Crippen LogP contribution in [0.15, 0.2) is 30.5 Å². The summed E-state index contributed by atoms with van der Waals surface area (Å²) in [5.74, 6) is 0.905. The monoisotopic (exact) mass is 257 g/mol. The number of para-hydroxylation sites is 1. The Hall–Kier alpha value is -1.81. The molecule has 1 heterocycles. The predicted molar refractivity (Wildman–Crippen MR) is 75.1 cm³/mol. The molecule has 1 saturated carbocycles. The lowest BCUT2D eigenvalue weighted by atomic mass is 10.1. The average Bonchev–Trinajstić information content (AvgIpc) is 3.15. The van der Waals surface area contributed by atoms with Crippen LogP contribution in [0.4, 0.5) is 0 Å². The molecule has 100 valence electrons. The van der Waals surface area contributed by atoms with E-state index in [0.717, 1.165) is 23.6 Å². The second-order valence-corrected chi connectivity index (χ2v) is 4.85. The van der Waals surface area contributed by atoms with Gasteiger partial charge in [0.2, 0.25) is 0 Å². The molecule has 19 heavy (non-hydrogen) atoms. The Kier molecular flexibility index (Phi) is 3.51. The first-order valence-corrected chi connectivity index (χ1v) is 6.86. The van der Waals surface area contributed by atoms with Gasteiger partial charge in [0, 0.05) is 23.7 Å². The first-order valence-electron chi connectivity index (χ1n) is 6.86. The van der Waals surface area contributed by atoms with E-state index in [9.17, 15) is 0 Å². The Bertz CT molecular complexity index is 546. The maximum atomic E-state index is 5.69. The minimum absolute atomic E-state index is 0.667. The molecule has 0 amide bonds. The van der Waals surface area contributed by atoms with E-state index < -0.39 is 0 Å². The Morgan fingerprint density at radius 3 is 3.00 bits per heavy atom. The number of nitrogens with zero attached hydrogens (tertiary/aromatic N) is 1. The summed E-state index contributed by atoms with van der Waals surface area (Å²) in [5.41, 5.74) is 3.32. The molecule has 0 radical (unpaired) electrons. The highest BCUT2D eigenvalue weighted by atomic mass is 16.5. The van der Waals surface area contributed by atoms with Crippen LogP contribution >= 0.6 is 0 Å². The summed E-state index contributed by atoms with van der Waals surface area (Å²) >= 11 is 0. The van der Waals surface area contributed by atoms with E-state index in [-0.39, 0.29) is 0 Å². The molecule has 2 N–H and O–H groups in total. The largest absolute Gasteiger partial charge is 0.493 e. The van der Waals surface area contributed by atoms with Gasteiger partial charge in [-0.05, 0) is 31.9 Å². The summed E-state index contributed by atoms with van der Waals surface area (Å²) in [6.45, 7) is 3.52. The number of benzene rings is 1. The third-order valence-corrected chi connectivity index (χ3v) is 3.33.